The Morgan fingerprint density at radius 2 is 2.09 bits per heavy atom. The highest BCUT2D eigenvalue weighted by molar-refractivity contribution is 5.91. The Morgan fingerprint density at radius 3 is 2.83 bits per heavy atom. The molecule has 4 aliphatic rings. The van der Waals surface area contributed by atoms with E-state index in [0.717, 1.165) is 44.9 Å². The third-order valence-electron chi connectivity index (χ3n) is 8.03. The maximum Gasteiger partial charge on any atom is 0.155 e. The minimum Gasteiger partial charge on any atom is -0.377 e. The lowest BCUT2D eigenvalue weighted by Gasteiger charge is -2.56. The molecule has 2 heteroatoms. The van der Waals surface area contributed by atoms with Crippen LogP contribution >= 0.6 is 0 Å². The first-order valence-corrected chi connectivity index (χ1v) is 9.33. The number of rotatable bonds is 0. The third kappa shape index (κ3) is 1.96. The summed E-state index contributed by atoms with van der Waals surface area (Å²) in [5, 5.41) is 11.0. The second kappa shape index (κ2) is 4.96. The van der Waals surface area contributed by atoms with Gasteiger partial charge < -0.3 is 5.11 Å². The van der Waals surface area contributed by atoms with Crippen LogP contribution < -0.4 is 0 Å². The Bertz CT molecular complexity index is 612. The molecular weight excluding hydrogens is 284 g/mol. The number of fused-ring (bicyclic) bond motifs is 5. The molecular formula is C21H28O2. The molecule has 0 amide bonds. The van der Waals surface area contributed by atoms with Gasteiger partial charge in [0, 0.05) is 11.8 Å². The molecule has 0 saturated heterocycles. The summed E-state index contributed by atoms with van der Waals surface area (Å²) < 4.78 is 0. The Balaban J connectivity index is 1.70. The van der Waals surface area contributed by atoms with Gasteiger partial charge >= 0.3 is 0 Å². The summed E-state index contributed by atoms with van der Waals surface area (Å²) in [5.41, 5.74) is 0.382. The molecule has 23 heavy (non-hydrogen) atoms. The zero-order valence-electron chi connectivity index (χ0n) is 14.3. The van der Waals surface area contributed by atoms with Gasteiger partial charge in [-0.25, -0.2) is 0 Å². The second-order valence-electron chi connectivity index (χ2n) is 8.86. The lowest BCUT2D eigenvalue weighted by Crippen LogP contribution is -2.53. The molecule has 0 bridgehead atoms. The number of hydrogen-bond donors (Lipinski definition) is 1. The number of carbonyl (C=O) groups is 1. The SMILES string of the molecule is C#C[C@]1(O)CC[C@@H]2[C@@H]3[C@H](CC[C@@]21C)[C@H]1CCC(=O)C=C1C[C@H]3C. The van der Waals surface area contributed by atoms with Gasteiger partial charge in [-0.2, -0.15) is 0 Å². The molecule has 4 rings (SSSR count). The molecule has 0 heterocycles. The molecule has 0 aliphatic heterocycles. The van der Waals surface area contributed by atoms with Gasteiger partial charge in [0.2, 0.25) is 0 Å². The summed E-state index contributed by atoms with van der Waals surface area (Å²) in [6.07, 6.45) is 14.5. The summed E-state index contributed by atoms with van der Waals surface area (Å²) in [4.78, 5) is 11.8. The summed E-state index contributed by atoms with van der Waals surface area (Å²) in [6.45, 7) is 4.59. The van der Waals surface area contributed by atoms with Gasteiger partial charge in [-0.05, 0) is 74.2 Å². The molecule has 0 aromatic heterocycles. The molecule has 3 saturated carbocycles. The standard InChI is InChI=1S/C21H28O2/c1-4-21(23)10-8-18-19-13(2)11-14-12-15(22)5-6-16(14)17(19)7-9-20(18,21)3/h1,12-13,16-19,23H,5-11H2,2-3H3/t13-,16+,17-,18-,19+,20+,21+/m1/s1. The van der Waals surface area contributed by atoms with E-state index in [9.17, 15) is 9.90 Å². The van der Waals surface area contributed by atoms with Crippen molar-refractivity contribution in [3.63, 3.8) is 0 Å². The van der Waals surface area contributed by atoms with Crippen LogP contribution in [0.2, 0.25) is 0 Å². The van der Waals surface area contributed by atoms with Crippen LogP contribution in [0, 0.1) is 47.3 Å². The van der Waals surface area contributed by atoms with Crippen molar-refractivity contribution in [3.8, 4) is 12.3 Å². The van der Waals surface area contributed by atoms with Crippen LogP contribution in [0.25, 0.3) is 0 Å². The van der Waals surface area contributed by atoms with Crippen molar-refractivity contribution >= 4 is 5.78 Å². The van der Waals surface area contributed by atoms with E-state index in [1.165, 1.54) is 5.57 Å². The predicted octanol–water partition coefficient (Wildman–Crippen LogP) is 3.74. The van der Waals surface area contributed by atoms with Crippen LogP contribution in [0.5, 0.6) is 0 Å². The van der Waals surface area contributed by atoms with E-state index < -0.39 is 5.60 Å². The molecule has 3 fully saturated rings. The monoisotopic (exact) mass is 312 g/mol. The first kappa shape index (κ1) is 15.5. The van der Waals surface area contributed by atoms with Crippen LogP contribution in [0.1, 0.15) is 58.8 Å². The zero-order valence-corrected chi connectivity index (χ0v) is 14.3. The van der Waals surface area contributed by atoms with Gasteiger partial charge in [0.05, 0.1) is 0 Å². The van der Waals surface area contributed by atoms with Crippen molar-refractivity contribution < 1.29 is 9.90 Å². The van der Waals surface area contributed by atoms with E-state index in [4.69, 9.17) is 6.42 Å². The number of allylic oxidation sites excluding steroid dienone is 1. The maximum atomic E-state index is 11.8. The lowest BCUT2D eigenvalue weighted by atomic mass is 9.48. The number of terminal acetylenes is 1. The van der Waals surface area contributed by atoms with Gasteiger partial charge in [0.25, 0.3) is 0 Å². The Morgan fingerprint density at radius 1 is 1.30 bits per heavy atom. The van der Waals surface area contributed by atoms with Gasteiger partial charge in [0.15, 0.2) is 5.78 Å². The van der Waals surface area contributed by atoms with E-state index in [1.807, 2.05) is 6.08 Å². The molecule has 0 spiro atoms. The van der Waals surface area contributed by atoms with Crippen LogP contribution in [0.4, 0.5) is 0 Å². The summed E-state index contributed by atoms with van der Waals surface area (Å²) >= 11 is 0. The summed E-state index contributed by atoms with van der Waals surface area (Å²) in [7, 11) is 0. The Labute approximate surface area is 139 Å². The summed E-state index contributed by atoms with van der Waals surface area (Å²) in [5.74, 6) is 6.17. The van der Waals surface area contributed by atoms with Crippen molar-refractivity contribution in [1.82, 2.24) is 0 Å². The minimum atomic E-state index is -0.916. The van der Waals surface area contributed by atoms with E-state index in [-0.39, 0.29) is 5.41 Å². The highest BCUT2D eigenvalue weighted by Gasteiger charge is 2.62. The van der Waals surface area contributed by atoms with Crippen molar-refractivity contribution in [2.45, 2.75) is 64.4 Å². The molecule has 4 aliphatic carbocycles. The highest BCUT2D eigenvalue weighted by Crippen LogP contribution is 2.65. The Hall–Kier alpha value is -1.07. The quantitative estimate of drug-likeness (QED) is 0.692. The van der Waals surface area contributed by atoms with Crippen molar-refractivity contribution in [3.05, 3.63) is 11.6 Å². The normalized spacial score (nSPS) is 52.0. The van der Waals surface area contributed by atoms with Crippen LogP contribution in [0.3, 0.4) is 0 Å². The molecule has 0 aromatic carbocycles. The van der Waals surface area contributed by atoms with Crippen LogP contribution in [-0.4, -0.2) is 16.5 Å². The molecule has 2 nitrogen and oxygen atoms in total. The first-order chi connectivity index (χ1) is 10.9. The topological polar surface area (TPSA) is 37.3 Å². The molecule has 0 unspecified atom stereocenters. The zero-order chi connectivity index (χ0) is 16.4. The van der Waals surface area contributed by atoms with Crippen molar-refractivity contribution in [1.29, 1.82) is 0 Å². The van der Waals surface area contributed by atoms with E-state index >= 15 is 0 Å². The smallest absolute Gasteiger partial charge is 0.155 e. The van der Waals surface area contributed by atoms with Gasteiger partial charge in [-0.3, -0.25) is 4.79 Å². The molecule has 0 aromatic rings. The van der Waals surface area contributed by atoms with Gasteiger partial charge in [-0.15, -0.1) is 6.42 Å². The fraction of sp³-hybridized carbons (Fsp3) is 0.762. The Kier molecular flexibility index (Phi) is 3.34. The summed E-state index contributed by atoms with van der Waals surface area (Å²) in [6, 6.07) is 0. The lowest BCUT2D eigenvalue weighted by molar-refractivity contribution is -0.117. The first-order valence-electron chi connectivity index (χ1n) is 9.33. The molecule has 124 valence electrons. The van der Waals surface area contributed by atoms with Gasteiger partial charge in [-0.1, -0.05) is 25.3 Å². The van der Waals surface area contributed by atoms with E-state index in [0.29, 0.717) is 35.4 Å². The number of ketones is 1. The van der Waals surface area contributed by atoms with Gasteiger partial charge in [0.1, 0.15) is 5.60 Å². The number of carbonyl (C=O) groups excluding carboxylic acids is 1. The average Bonchev–Trinajstić information content (AvgIpc) is 2.79. The van der Waals surface area contributed by atoms with Crippen LogP contribution in [0.15, 0.2) is 11.6 Å². The predicted molar refractivity (Wildman–Crippen MR) is 90.4 cm³/mol. The second-order valence-corrected chi connectivity index (χ2v) is 8.86. The molecule has 1 N–H and O–H groups in total. The highest BCUT2D eigenvalue weighted by atomic mass is 16.3. The van der Waals surface area contributed by atoms with Crippen LogP contribution in [-0.2, 0) is 4.79 Å². The minimum absolute atomic E-state index is 0.122. The third-order valence-corrected chi connectivity index (χ3v) is 8.03. The largest absolute Gasteiger partial charge is 0.377 e. The fourth-order valence-corrected chi connectivity index (χ4v) is 6.84. The van der Waals surface area contributed by atoms with E-state index in [2.05, 4.69) is 19.8 Å². The number of aliphatic hydroxyl groups is 1. The number of hydrogen-bond acceptors (Lipinski definition) is 2. The van der Waals surface area contributed by atoms with Crippen molar-refractivity contribution in [2.75, 3.05) is 0 Å². The maximum absolute atomic E-state index is 11.8. The fourth-order valence-electron chi connectivity index (χ4n) is 6.84. The van der Waals surface area contributed by atoms with Crippen molar-refractivity contribution in [2.24, 2.45) is 35.0 Å². The average molecular weight is 312 g/mol. The van der Waals surface area contributed by atoms with E-state index in [1.54, 1.807) is 0 Å². The molecule has 7 atom stereocenters. The molecule has 0 radical (unpaired) electrons.